The molecule has 0 radical (unpaired) electrons. The van der Waals surface area contributed by atoms with Gasteiger partial charge in [0.15, 0.2) is 12.4 Å². The van der Waals surface area contributed by atoms with Crippen LogP contribution in [-0.2, 0) is 20.7 Å². The number of aryl methyl sites for hydroxylation is 1. The summed E-state index contributed by atoms with van der Waals surface area (Å²) in [7, 11) is 0. The van der Waals surface area contributed by atoms with E-state index < -0.39 is 11.9 Å². The molecule has 6 nitrogen and oxygen atoms in total. The summed E-state index contributed by atoms with van der Waals surface area (Å²) >= 11 is 0. The van der Waals surface area contributed by atoms with Gasteiger partial charge in [0.1, 0.15) is 11.5 Å². The van der Waals surface area contributed by atoms with E-state index >= 15 is 0 Å². The van der Waals surface area contributed by atoms with Gasteiger partial charge in [-0.25, -0.2) is 0 Å². The maximum absolute atomic E-state index is 11.9. The molecular weight excluding hydrogens is 370 g/mol. The predicted octanol–water partition coefficient (Wildman–Crippen LogP) is 4.26. The molecule has 2 aromatic carbocycles. The van der Waals surface area contributed by atoms with Crippen molar-refractivity contribution in [3.05, 3.63) is 78.1 Å². The van der Waals surface area contributed by atoms with Gasteiger partial charge in [-0.1, -0.05) is 30.3 Å². The number of Topliss-reactive ketones (excluding diaryl/α,β-unsaturated/α-hetero) is 1. The first-order valence-electron chi connectivity index (χ1n) is 9.22. The highest BCUT2D eigenvalue weighted by Crippen LogP contribution is 2.22. The first kappa shape index (κ1) is 20.1. The minimum atomic E-state index is -0.482. The number of hydrogen-bond acceptors (Lipinski definition) is 5. The molecular formula is C23H21NO5. The first-order valence-corrected chi connectivity index (χ1v) is 9.22. The third kappa shape index (κ3) is 5.90. The first-order chi connectivity index (χ1) is 14.0. The number of amides is 1. The van der Waals surface area contributed by atoms with Crippen molar-refractivity contribution in [1.29, 1.82) is 0 Å². The molecule has 1 N–H and O–H groups in total. The van der Waals surface area contributed by atoms with Crippen LogP contribution < -0.4 is 5.32 Å². The zero-order chi connectivity index (χ0) is 20.6. The molecule has 0 saturated heterocycles. The molecule has 0 unspecified atom stereocenters. The van der Waals surface area contributed by atoms with Crippen LogP contribution >= 0.6 is 0 Å². The fourth-order valence-electron chi connectivity index (χ4n) is 2.70. The van der Waals surface area contributed by atoms with Gasteiger partial charge >= 0.3 is 5.97 Å². The molecule has 3 aromatic rings. The average Bonchev–Trinajstić information content (AvgIpc) is 3.21. The van der Waals surface area contributed by atoms with Gasteiger partial charge in [-0.15, -0.1) is 0 Å². The number of anilines is 1. The highest BCUT2D eigenvalue weighted by molar-refractivity contribution is 5.96. The van der Waals surface area contributed by atoms with Crippen LogP contribution in [0.5, 0.6) is 0 Å². The second-order valence-corrected chi connectivity index (χ2v) is 6.47. The summed E-state index contributed by atoms with van der Waals surface area (Å²) < 4.78 is 10.7. The molecule has 0 saturated carbocycles. The van der Waals surface area contributed by atoms with Gasteiger partial charge < -0.3 is 14.5 Å². The smallest absolute Gasteiger partial charge is 0.306 e. The Kier molecular flexibility index (Phi) is 6.58. The van der Waals surface area contributed by atoms with Crippen LogP contribution in [0.15, 0.2) is 71.1 Å². The van der Waals surface area contributed by atoms with Crippen LogP contribution in [0.25, 0.3) is 11.3 Å². The minimum Gasteiger partial charge on any atom is -0.461 e. The minimum absolute atomic E-state index is 0.0516. The summed E-state index contributed by atoms with van der Waals surface area (Å²) in [4.78, 5) is 35.0. The van der Waals surface area contributed by atoms with Crippen molar-refractivity contribution in [3.8, 4) is 11.3 Å². The Morgan fingerprint density at radius 2 is 1.66 bits per heavy atom. The Morgan fingerprint density at radius 3 is 2.34 bits per heavy atom. The Labute approximate surface area is 168 Å². The highest BCUT2D eigenvalue weighted by Gasteiger charge is 2.11. The molecule has 1 aromatic heterocycles. The number of ether oxygens (including phenoxy) is 1. The molecule has 1 heterocycles. The van der Waals surface area contributed by atoms with Gasteiger partial charge in [0.05, 0.1) is 6.42 Å². The fourth-order valence-corrected chi connectivity index (χ4v) is 2.70. The number of ketones is 1. The quantitative estimate of drug-likeness (QED) is 0.458. The van der Waals surface area contributed by atoms with Gasteiger partial charge in [-0.3, -0.25) is 14.4 Å². The molecule has 0 aliphatic heterocycles. The second kappa shape index (κ2) is 9.50. The average molecular weight is 391 g/mol. The Bertz CT molecular complexity index is 990. The van der Waals surface area contributed by atoms with Gasteiger partial charge in [-0.2, -0.15) is 0 Å². The van der Waals surface area contributed by atoms with Crippen LogP contribution in [0.2, 0.25) is 0 Å². The maximum Gasteiger partial charge on any atom is 0.306 e. The maximum atomic E-state index is 11.9. The largest absolute Gasteiger partial charge is 0.461 e. The number of esters is 1. The van der Waals surface area contributed by atoms with Crippen LogP contribution in [-0.4, -0.2) is 24.3 Å². The number of hydrogen-bond donors (Lipinski definition) is 1. The van der Waals surface area contributed by atoms with E-state index in [1.54, 1.807) is 24.3 Å². The Morgan fingerprint density at radius 1 is 0.931 bits per heavy atom. The summed E-state index contributed by atoms with van der Waals surface area (Å²) in [5.41, 5.74) is 2.05. The Balaban J connectivity index is 1.41. The van der Waals surface area contributed by atoms with Crippen molar-refractivity contribution in [2.75, 3.05) is 11.9 Å². The molecule has 29 heavy (non-hydrogen) atoms. The fraction of sp³-hybridized carbons (Fsp3) is 0.174. The van der Waals surface area contributed by atoms with Crippen molar-refractivity contribution >= 4 is 23.3 Å². The third-order valence-corrected chi connectivity index (χ3v) is 4.23. The molecule has 0 aliphatic carbocycles. The zero-order valence-corrected chi connectivity index (χ0v) is 16.0. The van der Waals surface area contributed by atoms with E-state index in [1.807, 2.05) is 42.5 Å². The van der Waals surface area contributed by atoms with Crippen molar-refractivity contribution in [1.82, 2.24) is 0 Å². The molecule has 0 fully saturated rings. The molecule has 6 heteroatoms. The highest BCUT2D eigenvalue weighted by atomic mass is 16.5. The summed E-state index contributed by atoms with van der Waals surface area (Å²) in [5, 5.41) is 2.61. The topological polar surface area (TPSA) is 85.6 Å². The van der Waals surface area contributed by atoms with E-state index in [0.29, 0.717) is 23.4 Å². The summed E-state index contributed by atoms with van der Waals surface area (Å²) in [6, 6.07) is 19.9. The summed E-state index contributed by atoms with van der Waals surface area (Å²) in [6.45, 7) is 1.10. The number of rotatable bonds is 8. The number of benzene rings is 2. The lowest BCUT2D eigenvalue weighted by Gasteiger charge is -2.07. The van der Waals surface area contributed by atoms with Gasteiger partial charge in [-0.05, 0) is 43.3 Å². The van der Waals surface area contributed by atoms with Crippen LogP contribution in [0.4, 0.5) is 5.69 Å². The lowest BCUT2D eigenvalue weighted by Crippen LogP contribution is -2.21. The standard InChI is InChI=1S/C23H21NO5/c1-16(25)17-7-9-19(10-8-17)24-22(26)15-28-23(27)14-12-20-11-13-21(29-20)18-5-3-2-4-6-18/h2-11,13H,12,14-15H2,1H3,(H,24,26). The molecule has 1 amide bonds. The predicted molar refractivity (Wildman–Crippen MR) is 109 cm³/mol. The van der Waals surface area contributed by atoms with Crippen LogP contribution in [0.1, 0.15) is 29.5 Å². The van der Waals surface area contributed by atoms with Gasteiger partial charge in [0, 0.05) is 23.2 Å². The number of carbonyl (C=O) groups excluding carboxylic acids is 3. The van der Waals surface area contributed by atoms with Crippen LogP contribution in [0.3, 0.4) is 0 Å². The van der Waals surface area contributed by atoms with E-state index in [1.165, 1.54) is 6.92 Å². The van der Waals surface area contributed by atoms with Crippen molar-refractivity contribution in [2.24, 2.45) is 0 Å². The third-order valence-electron chi connectivity index (χ3n) is 4.23. The molecule has 3 rings (SSSR count). The molecule has 0 atom stereocenters. The lowest BCUT2D eigenvalue weighted by molar-refractivity contribution is -0.147. The summed E-state index contributed by atoms with van der Waals surface area (Å²) in [5.74, 6) is 0.437. The monoisotopic (exact) mass is 391 g/mol. The normalized spacial score (nSPS) is 10.4. The van der Waals surface area contributed by atoms with Gasteiger partial charge in [0.2, 0.25) is 0 Å². The molecule has 0 aliphatic rings. The van der Waals surface area contributed by atoms with Crippen LogP contribution in [0, 0.1) is 0 Å². The van der Waals surface area contributed by atoms with E-state index in [4.69, 9.17) is 9.15 Å². The Hall–Kier alpha value is -3.67. The number of nitrogens with one attached hydrogen (secondary N) is 1. The zero-order valence-electron chi connectivity index (χ0n) is 16.0. The number of furan rings is 1. The van der Waals surface area contributed by atoms with Gasteiger partial charge in [0.25, 0.3) is 5.91 Å². The summed E-state index contributed by atoms with van der Waals surface area (Å²) in [6.07, 6.45) is 0.502. The molecule has 0 spiro atoms. The number of carbonyl (C=O) groups is 3. The van der Waals surface area contributed by atoms with E-state index in [9.17, 15) is 14.4 Å². The van der Waals surface area contributed by atoms with E-state index in [0.717, 1.165) is 11.3 Å². The van der Waals surface area contributed by atoms with Crippen molar-refractivity contribution in [3.63, 3.8) is 0 Å². The second-order valence-electron chi connectivity index (χ2n) is 6.47. The van der Waals surface area contributed by atoms with Crippen molar-refractivity contribution in [2.45, 2.75) is 19.8 Å². The molecule has 0 bridgehead atoms. The van der Waals surface area contributed by atoms with Crippen molar-refractivity contribution < 1.29 is 23.5 Å². The molecule has 148 valence electrons. The SMILES string of the molecule is CC(=O)c1ccc(NC(=O)COC(=O)CCc2ccc(-c3ccccc3)o2)cc1. The lowest BCUT2D eigenvalue weighted by atomic mass is 10.1. The van der Waals surface area contributed by atoms with E-state index in [2.05, 4.69) is 5.32 Å². The van der Waals surface area contributed by atoms with E-state index in [-0.39, 0.29) is 18.8 Å².